The predicted octanol–water partition coefficient (Wildman–Crippen LogP) is 4.01. The maximum Gasteiger partial charge on any atom is 0.163 e. The molecule has 0 aliphatic carbocycles. The molecule has 0 spiro atoms. The molecule has 122 valence electrons. The van der Waals surface area contributed by atoms with Crippen LogP contribution in [0.3, 0.4) is 0 Å². The summed E-state index contributed by atoms with van der Waals surface area (Å²) < 4.78 is 18.7. The molecule has 0 saturated carbocycles. The van der Waals surface area contributed by atoms with E-state index in [0.29, 0.717) is 29.6 Å². The zero-order chi connectivity index (χ0) is 16.9. The molecule has 0 aliphatic heterocycles. The number of benzene rings is 2. The van der Waals surface area contributed by atoms with Gasteiger partial charge >= 0.3 is 0 Å². The standard InChI is InChI=1S/C18H17FN4O/c1-2-24-15-6-4-3-5-14(15)21-17-11-16(20)22-18(23-17)12-7-9-13(19)10-8-12/h3-11H,2H2,1H3,(H3,20,21,22,23). The molecule has 0 radical (unpaired) electrons. The Balaban J connectivity index is 1.93. The molecular weight excluding hydrogens is 307 g/mol. The third kappa shape index (κ3) is 3.60. The van der Waals surface area contributed by atoms with E-state index in [-0.39, 0.29) is 5.82 Å². The predicted molar refractivity (Wildman–Crippen MR) is 92.7 cm³/mol. The number of hydrogen-bond donors (Lipinski definition) is 2. The van der Waals surface area contributed by atoms with Crippen molar-refractivity contribution in [2.45, 2.75) is 6.92 Å². The first kappa shape index (κ1) is 15.7. The highest BCUT2D eigenvalue weighted by Crippen LogP contribution is 2.28. The average molecular weight is 324 g/mol. The van der Waals surface area contributed by atoms with Crippen molar-refractivity contribution in [1.82, 2.24) is 9.97 Å². The Bertz CT molecular complexity index is 837. The Hall–Kier alpha value is -3.15. The summed E-state index contributed by atoms with van der Waals surface area (Å²) in [4.78, 5) is 8.66. The van der Waals surface area contributed by atoms with E-state index in [2.05, 4.69) is 15.3 Å². The van der Waals surface area contributed by atoms with Gasteiger partial charge in [0, 0.05) is 11.6 Å². The molecule has 6 heteroatoms. The quantitative estimate of drug-likeness (QED) is 0.742. The Morgan fingerprint density at radius 3 is 2.58 bits per heavy atom. The highest BCUT2D eigenvalue weighted by molar-refractivity contribution is 5.68. The summed E-state index contributed by atoms with van der Waals surface area (Å²) in [5, 5.41) is 3.19. The number of nitrogens with one attached hydrogen (secondary N) is 1. The summed E-state index contributed by atoms with van der Waals surface area (Å²) in [6.45, 7) is 2.48. The number of nitrogen functional groups attached to an aromatic ring is 1. The number of hydrogen-bond acceptors (Lipinski definition) is 5. The van der Waals surface area contributed by atoms with Crippen molar-refractivity contribution in [2.24, 2.45) is 0 Å². The first-order chi connectivity index (χ1) is 11.7. The molecule has 0 fully saturated rings. The van der Waals surface area contributed by atoms with Crippen LogP contribution in [0.1, 0.15) is 6.92 Å². The second-order valence-corrected chi connectivity index (χ2v) is 5.06. The molecule has 3 rings (SSSR count). The largest absolute Gasteiger partial charge is 0.492 e. The number of nitrogens with two attached hydrogens (primary N) is 1. The smallest absolute Gasteiger partial charge is 0.163 e. The average Bonchev–Trinajstić information content (AvgIpc) is 2.57. The van der Waals surface area contributed by atoms with Crippen molar-refractivity contribution in [3.05, 3.63) is 60.4 Å². The summed E-state index contributed by atoms with van der Waals surface area (Å²) in [5.74, 6) is 1.69. The summed E-state index contributed by atoms with van der Waals surface area (Å²) >= 11 is 0. The van der Waals surface area contributed by atoms with E-state index in [1.807, 2.05) is 31.2 Å². The fraction of sp³-hybridized carbons (Fsp3) is 0.111. The summed E-state index contributed by atoms with van der Waals surface area (Å²) in [5.41, 5.74) is 7.35. The number of aromatic nitrogens is 2. The zero-order valence-corrected chi connectivity index (χ0v) is 13.2. The molecule has 3 N–H and O–H groups in total. The Kier molecular flexibility index (Phi) is 4.56. The van der Waals surface area contributed by atoms with Crippen molar-refractivity contribution in [1.29, 1.82) is 0 Å². The van der Waals surface area contributed by atoms with Crippen LogP contribution in [-0.4, -0.2) is 16.6 Å². The van der Waals surface area contributed by atoms with Gasteiger partial charge in [0.05, 0.1) is 12.3 Å². The molecule has 0 unspecified atom stereocenters. The fourth-order valence-corrected chi connectivity index (χ4v) is 2.25. The van der Waals surface area contributed by atoms with E-state index < -0.39 is 0 Å². The minimum atomic E-state index is -0.313. The van der Waals surface area contributed by atoms with Gasteiger partial charge in [0.25, 0.3) is 0 Å². The Morgan fingerprint density at radius 1 is 1.08 bits per heavy atom. The van der Waals surface area contributed by atoms with Crippen LogP contribution in [0.5, 0.6) is 5.75 Å². The molecule has 24 heavy (non-hydrogen) atoms. The van der Waals surface area contributed by atoms with Crippen LogP contribution in [0.15, 0.2) is 54.6 Å². The fourth-order valence-electron chi connectivity index (χ4n) is 2.25. The molecular formula is C18H17FN4O. The van der Waals surface area contributed by atoms with Crippen LogP contribution in [0.25, 0.3) is 11.4 Å². The molecule has 1 aromatic heterocycles. The van der Waals surface area contributed by atoms with E-state index >= 15 is 0 Å². The van der Waals surface area contributed by atoms with Gasteiger partial charge in [-0.1, -0.05) is 12.1 Å². The Labute approximate surface area is 139 Å². The van der Waals surface area contributed by atoms with Gasteiger partial charge in [-0.05, 0) is 43.3 Å². The topological polar surface area (TPSA) is 73.1 Å². The van der Waals surface area contributed by atoms with Gasteiger partial charge in [-0.3, -0.25) is 0 Å². The molecule has 0 amide bonds. The third-order valence-corrected chi connectivity index (χ3v) is 3.30. The van der Waals surface area contributed by atoms with Crippen LogP contribution in [0.4, 0.5) is 21.7 Å². The maximum atomic E-state index is 13.1. The lowest BCUT2D eigenvalue weighted by Crippen LogP contribution is -2.02. The maximum absolute atomic E-state index is 13.1. The van der Waals surface area contributed by atoms with Crippen LogP contribution >= 0.6 is 0 Å². The summed E-state index contributed by atoms with van der Waals surface area (Å²) in [7, 11) is 0. The van der Waals surface area contributed by atoms with E-state index in [4.69, 9.17) is 10.5 Å². The number of rotatable bonds is 5. The molecule has 0 atom stereocenters. The Morgan fingerprint density at radius 2 is 1.83 bits per heavy atom. The van der Waals surface area contributed by atoms with Gasteiger partial charge in [-0.15, -0.1) is 0 Å². The first-order valence-electron chi connectivity index (χ1n) is 7.55. The van der Waals surface area contributed by atoms with Crippen molar-refractivity contribution < 1.29 is 9.13 Å². The molecule has 0 bridgehead atoms. The molecule has 2 aromatic carbocycles. The van der Waals surface area contributed by atoms with Crippen LogP contribution in [0.2, 0.25) is 0 Å². The normalized spacial score (nSPS) is 10.4. The first-order valence-corrected chi connectivity index (χ1v) is 7.55. The highest BCUT2D eigenvalue weighted by Gasteiger charge is 2.08. The third-order valence-electron chi connectivity index (χ3n) is 3.30. The SMILES string of the molecule is CCOc1ccccc1Nc1cc(N)nc(-c2ccc(F)cc2)n1. The van der Waals surface area contributed by atoms with Gasteiger partial charge in [-0.2, -0.15) is 0 Å². The van der Waals surface area contributed by atoms with Gasteiger partial charge in [0.2, 0.25) is 0 Å². The second-order valence-electron chi connectivity index (χ2n) is 5.06. The number of halogens is 1. The molecule has 0 aliphatic rings. The van der Waals surface area contributed by atoms with Crippen molar-refractivity contribution in [3.63, 3.8) is 0 Å². The lowest BCUT2D eigenvalue weighted by Gasteiger charge is -2.12. The number of nitrogens with zero attached hydrogens (tertiary/aromatic N) is 2. The highest BCUT2D eigenvalue weighted by atomic mass is 19.1. The van der Waals surface area contributed by atoms with Gasteiger partial charge in [-0.25, -0.2) is 14.4 Å². The minimum Gasteiger partial charge on any atom is -0.492 e. The van der Waals surface area contributed by atoms with Crippen LogP contribution in [0, 0.1) is 5.82 Å². The monoisotopic (exact) mass is 324 g/mol. The van der Waals surface area contributed by atoms with Crippen LogP contribution < -0.4 is 15.8 Å². The summed E-state index contributed by atoms with van der Waals surface area (Å²) in [6.07, 6.45) is 0. The van der Waals surface area contributed by atoms with Crippen molar-refractivity contribution in [3.8, 4) is 17.1 Å². The molecule has 0 saturated heterocycles. The van der Waals surface area contributed by atoms with E-state index in [1.165, 1.54) is 12.1 Å². The van der Waals surface area contributed by atoms with Crippen LogP contribution in [-0.2, 0) is 0 Å². The zero-order valence-electron chi connectivity index (χ0n) is 13.2. The molecule has 3 aromatic rings. The lowest BCUT2D eigenvalue weighted by atomic mass is 10.2. The van der Waals surface area contributed by atoms with E-state index in [1.54, 1.807) is 18.2 Å². The molecule has 1 heterocycles. The second kappa shape index (κ2) is 6.95. The minimum absolute atomic E-state index is 0.313. The number of para-hydroxylation sites is 2. The van der Waals surface area contributed by atoms with Gasteiger partial charge in [0.15, 0.2) is 5.82 Å². The lowest BCUT2D eigenvalue weighted by molar-refractivity contribution is 0.342. The molecule has 5 nitrogen and oxygen atoms in total. The summed E-state index contributed by atoms with van der Waals surface area (Å²) in [6, 6.07) is 15.1. The van der Waals surface area contributed by atoms with Crippen molar-refractivity contribution in [2.75, 3.05) is 17.7 Å². The van der Waals surface area contributed by atoms with Gasteiger partial charge < -0.3 is 15.8 Å². The van der Waals surface area contributed by atoms with Gasteiger partial charge in [0.1, 0.15) is 23.2 Å². The number of ether oxygens (including phenoxy) is 1. The number of anilines is 3. The van der Waals surface area contributed by atoms with E-state index in [9.17, 15) is 4.39 Å². The van der Waals surface area contributed by atoms with E-state index in [0.717, 1.165) is 11.4 Å². The van der Waals surface area contributed by atoms with Crippen molar-refractivity contribution >= 4 is 17.3 Å².